The molecule has 0 fully saturated rings. The predicted octanol–water partition coefficient (Wildman–Crippen LogP) is 1.59. The van der Waals surface area contributed by atoms with E-state index in [0.717, 1.165) is 12.4 Å². The van der Waals surface area contributed by atoms with Gasteiger partial charge < -0.3 is 9.88 Å². The molecule has 1 aromatic heterocycles. The van der Waals surface area contributed by atoms with E-state index >= 15 is 0 Å². The second-order valence-electron chi connectivity index (χ2n) is 4.53. The van der Waals surface area contributed by atoms with E-state index in [1.807, 2.05) is 11.6 Å². The van der Waals surface area contributed by atoms with E-state index in [4.69, 9.17) is 0 Å². The lowest BCUT2D eigenvalue weighted by Crippen LogP contribution is -2.20. The van der Waals surface area contributed by atoms with E-state index < -0.39 is 0 Å². The molecule has 1 aliphatic carbocycles. The topological polar surface area (TPSA) is 42.7 Å². The molecule has 17 heavy (non-hydrogen) atoms. The van der Waals surface area contributed by atoms with Crippen molar-refractivity contribution in [3.63, 3.8) is 0 Å². The number of hydrogen-bond acceptors (Lipinski definition) is 3. The van der Waals surface area contributed by atoms with Crippen LogP contribution >= 0.6 is 0 Å². The van der Waals surface area contributed by atoms with Crippen LogP contribution in [0.1, 0.15) is 29.4 Å². The fourth-order valence-electron chi connectivity index (χ4n) is 2.45. The van der Waals surface area contributed by atoms with E-state index in [1.165, 1.54) is 24.0 Å². The lowest BCUT2D eigenvalue weighted by Gasteiger charge is -2.13. The van der Waals surface area contributed by atoms with Crippen molar-refractivity contribution in [1.82, 2.24) is 20.1 Å². The Balaban J connectivity index is 1.70. The summed E-state index contributed by atoms with van der Waals surface area (Å²) in [6, 6.07) is 9.13. The third-order valence-corrected chi connectivity index (χ3v) is 3.44. The van der Waals surface area contributed by atoms with Crippen molar-refractivity contribution in [2.45, 2.75) is 25.4 Å². The lowest BCUT2D eigenvalue weighted by atomic mass is 10.1. The van der Waals surface area contributed by atoms with Crippen LogP contribution < -0.4 is 5.32 Å². The van der Waals surface area contributed by atoms with Gasteiger partial charge >= 0.3 is 0 Å². The molecule has 4 heteroatoms. The lowest BCUT2D eigenvalue weighted by molar-refractivity contribution is 0.511. The van der Waals surface area contributed by atoms with E-state index in [2.05, 4.69) is 39.8 Å². The first-order valence-corrected chi connectivity index (χ1v) is 5.98. The molecule has 1 heterocycles. The van der Waals surface area contributed by atoms with Crippen LogP contribution in [-0.2, 0) is 20.0 Å². The quantitative estimate of drug-likeness (QED) is 0.867. The van der Waals surface area contributed by atoms with Crippen LogP contribution in [0.15, 0.2) is 30.6 Å². The Morgan fingerprint density at radius 1 is 1.41 bits per heavy atom. The summed E-state index contributed by atoms with van der Waals surface area (Å²) in [7, 11) is 1.97. The molecule has 0 radical (unpaired) electrons. The van der Waals surface area contributed by atoms with Gasteiger partial charge in [0.05, 0.1) is 6.54 Å². The summed E-state index contributed by atoms with van der Waals surface area (Å²) in [5.41, 5.74) is 2.91. The molecule has 4 nitrogen and oxygen atoms in total. The zero-order valence-electron chi connectivity index (χ0n) is 9.93. The van der Waals surface area contributed by atoms with Gasteiger partial charge in [0.2, 0.25) is 0 Å². The van der Waals surface area contributed by atoms with Gasteiger partial charge in [-0.2, -0.15) is 0 Å². The van der Waals surface area contributed by atoms with Gasteiger partial charge in [0, 0.05) is 13.1 Å². The summed E-state index contributed by atoms with van der Waals surface area (Å²) in [5.74, 6) is 0.981. The number of benzene rings is 1. The zero-order chi connectivity index (χ0) is 11.7. The number of rotatable bonds is 3. The van der Waals surface area contributed by atoms with Gasteiger partial charge in [0.15, 0.2) is 0 Å². The smallest absolute Gasteiger partial charge is 0.146 e. The van der Waals surface area contributed by atoms with Crippen molar-refractivity contribution < 1.29 is 0 Å². The minimum atomic E-state index is 0.461. The SMILES string of the molecule is Cn1cnnc1CNC1CCc2ccccc21. The van der Waals surface area contributed by atoms with Gasteiger partial charge in [-0.05, 0) is 24.0 Å². The normalized spacial score (nSPS) is 18.3. The average molecular weight is 228 g/mol. The molecule has 88 valence electrons. The fourth-order valence-corrected chi connectivity index (χ4v) is 2.45. The number of nitrogens with zero attached hydrogens (tertiary/aromatic N) is 3. The van der Waals surface area contributed by atoms with Crippen molar-refractivity contribution in [3.8, 4) is 0 Å². The van der Waals surface area contributed by atoms with Crippen molar-refractivity contribution in [2.75, 3.05) is 0 Å². The minimum Gasteiger partial charge on any atom is -0.320 e. The summed E-state index contributed by atoms with van der Waals surface area (Å²) in [6.45, 7) is 0.773. The van der Waals surface area contributed by atoms with Gasteiger partial charge in [0.25, 0.3) is 0 Å². The number of hydrogen-bond donors (Lipinski definition) is 1. The summed E-state index contributed by atoms with van der Waals surface area (Å²) < 4.78 is 1.95. The standard InChI is InChI=1S/C13H16N4/c1-17-9-15-16-13(17)8-14-12-7-6-10-4-2-3-5-11(10)12/h2-5,9,12,14H,6-8H2,1H3. The Morgan fingerprint density at radius 2 is 2.29 bits per heavy atom. The molecule has 0 saturated carbocycles. The Labute approximate surface area is 101 Å². The first-order chi connectivity index (χ1) is 8.34. The molecule has 0 spiro atoms. The van der Waals surface area contributed by atoms with Crippen molar-refractivity contribution in [3.05, 3.63) is 47.5 Å². The highest BCUT2D eigenvalue weighted by atomic mass is 15.3. The molecule has 1 atom stereocenters. The molecule has 2 aromatic rings. The van der Waals surface area contributed by atoms with Crippen LogP contribution in [-0.4, -0.2) is 14.8 Å². The third kappa shape index (κ3) is 1.96. The Hall–Kier alpha value is -1.68. The average Bonchev–Trinajstić information content (AvgIpc) is 2.93. The van der Waals surface area contributed by atoms with Crippen LogP contribution in [0.4, 0.5) is 0 Å². The fraction of sp³-hybridized carbons (Fsp3) is 0.385. The van der Waals surface area contributed by atoms with E-state index in [-0.39, 0.29) is 0 Å². The Kier molecular flexibility index (Phi) is 2.65. The number of fused-ring (bicyclic) bond motifs is 1. The van der Waals surface area contributed by atoms with Crippen LogP contribution in [0, 0.1) is 0 Å². The maximum Gasteiger partial charge on any atom is 0.146 e. The minimum absolute atomic E-state index is 0.461. The van der Waals surface area contributed by atoms with Gasteiger partial charge in [-0.15, -0.1) is 10.2 Å². The zero-order valence-corrected chi connectivity index (χ0v) is 9.93. The largest absolute Gasteiger partial charge is 0.320 e. The number of aromatic nitrogens is 3. The molecule has 3 rings (SSSR count). The molecule has 1 unspecified atom stereocenters. The van der Waals surface area contributed by atoms with Gasteiger partial charge in [-0.3, -0.25) is 0 Å². The van der Waals surface area contributed by atoms with E-state index in [0.29, 0.717) is 6.04 Å². The van der Waals surface area contributed by atoms with Crippen molar-refractivity contribution >= 4 is 0 Å². The van der Waals surface area contributed by atoms with Gasteiger partial charge in [0.1, 0.15) is 12.2 Å². The summed E-state index contributed by atoms with van der Waals surface area (Å²) in [5, 5.41) is 11.5. The predicted molar refractivity (Wildman–Crippen MR) is 65.3 cm³/mol. The van der Waals surface area contributed by atoms with E-state index in [1.54, 1.807) is 6.33 Å². The van der Waals surface area contributed by atoms with Crippen LogP contribution in [0.5, 0.6) is 0 Å². The summed E-state index contributed by atoms with van der Waals surface area (Å²) in [6.07, 6.45) is 4.09. The van der Waals surface area contributed by atoms with Crippen LogP contribution in [0.3, 0.4) is 0 Å². The number of nitrogens with one attached hydrogen (secondary N) is 1. The summed E-state index contributed by atoms with van der Waals surface area (Å²) in [4.78, 5) is 0. The van der Waals surface area contributed by atoms with Gasteiger partial charge in [-0.25, -0.2) is 0 Å². The maximum atomic E-state index is 4.08. The molecule has 1 N–H and O–H groups in total. The second kappa shape index (κ2) is 4.30. The van der Waals surface area contributed by atoms with Gasteiger partial charge in [-0.1, -0.05) is 24.3 Å². The summed E-state index contributed by atoms with van der Waals surface area (Å²) >= 11 is 0. The van der Waals surface area contributed by atoms with Crippen molar-refractivity contribution in [2.24, 2.45) is 7.05 Å². The third-order valence-electron chi connectivity index (χ3n) is 3.44. The molecule has 0 amide bonds. The monoisotopic (exact) mass is 228 g/mol. The molecule has 1 aromatic carbocycles. The second-order valence-corrected chi connectivity index (χ2v) is 4.53. The van der Waals surface area contributed by atoms with E-state index in [9.17, 15) is 0 Å². The maximum absolute atomic E-state index is 4.08. The van der Waals surface area contributed by atoms with Crippen molar-refractivity contribution in [1.29, 1.82) is 0 Å². The van der Waals surface area contributed by atoms with Crippen LogP contribution in [0.2, 0.25) is 0 Å². The highest BCUT2D eigenvalue weighted by Gasteiger charge is 2.21. The molecular weight excluding hydrogens is 212 g/mol. The molecule has 1 aliphatic rings. The Morgan fingerprint density at radius 3 is 3.12 bits per heavy atom. The molecule has 0 aliphatic heterocycles. The Bertz CT molecular complexity index is 518. The van der Waals surface area contributed by atoms with Crippen LogP contribution in [0.25, 0.3) is 0 Å². The molecule has 0 bridgehead atoms. The first kappa shape index (κ1) is 10.5. The first-order valence-electron chi connectivity index (χ1n) is 5.98. The molecule has 0 saturated heterocycles. The highest BCUT2D eigenvalue weighted by molar-refractivity contribution is 5.34. The number of aryl methyl sites for hydroxylation is 2. The highest BCUT2D eigenvalue weighted by Crippen LogP contribution is 2.30. The molecular formula is C13H16N4.